The molecule has 3 aromatic rings. The van der Waals surface area contributed by atoms with Gasteiger partial charge in [0.15, 0.2) is 0 Å². The van der Waals surface area contributed by atoms with E-state index in [1.165, 1.54) is 29.2 Å². The third-order valence-corrected chi connectivity index (χ3v) is 8.93. The van der Waals surface area contributed by atoms with E-state index in [-0.39, 0.29) is 23.4 Å². The van der Waals surface area contributed by atoms with Crippen molar-refractivity contribution in [1.29, 1.82) is 0 Å². The van der Waals surface area contributed by atoms with E-state index in [1.807, 2.05) is 13.8 Å². The Morgan fingerprint density at radius 3 is 2.15 bits per heavy atom. The van der Waals surface area contributed by atoms with E-state index in [4.69, 9.17) is 23.2 Å². The molecular formula is C29H33Cl2N3O4S. The lowest BCUT2D eigenvalue weighted by atomic mass is 10.1. The van der Waals surface area contributed by atoms with Crippen LogP contribution in [-0.4, -0.2) is 43.8 Å². The fraction of sp³-hybridized carbons (Fsp3) is 0.310. The molecule has 0 aliphatic heterocycles. The zero-order chi connectivity index (χ0) is 28.7. The molecule has 0 spiro atoms. The van der Waals surface area contributed by atoms with E-state index >= 15 is 0 Å². The Morgan fingerprint density at radius 2 is 1.54 bits per heavy atom. The molecule has 3 rings (SSSR count). The van der Waals surface area contributed by atoms with Crippen LogP contribution in [0.15, 0.2) is 77.7 Å². The van der Waals surface area contributed by atoms with E-state index in [0.717, 1.165) is 10.7 Å². The van der Waals surface area contributed by atoms with Gasteiger partial charge in [-0.15, -0.1) is 0 Å². The normalized spacial score (nSPS) is 12.9. The maximum Gasteiger partial charge on any atom is 0.264 e. The van der Waals surface area contributed by atoms with Gasteiger partial charge in [-0.05, 0) is 74.7 Å². The number of hydrogen-bond acceptors (Lipinski definition) is 4. The van der Waals surface area contributed by atoms with Crippen LogP contribution in [0.1, 0.15) is 38.3 Å². The number of carbonyl (C=O) groups excluding carboxylic acids is 2. The van der Waals surface area contributed by atoms with Crippen molar-refractivity contribution in [2.24, 2.45) is 0 Å². The molecule has 0 saturated heterocycles. The van der Waals surface area contributed by atoms with Gasteiger partial charge in [-0.2, -0.15) is 0 Å². The number of rotatable bonds is 11. The highest BCUT2D eigenvalue weighted by Crippen LogP contribution is 2.28. The van der Waals surface area contributed by atoms with Crippen LogP contribution in [-0.2, 0) is 26.2 Å². The van der Waals surface area contributed by atoms with Crippen LogP contribution in [0.4, 0.5) is 5.69 Å². The van der Waals surface area contributed by atoms with E-state index < -0.39 is 28.5 Å². The number of carbonyl (C=O) groups is 2. The van der Waals surface area contributed by atoms with Crippen molar-refractivity contribution in [3.05, 3.63) is 94.0 Å². The molecule has 1 N–H and O–H groups in total. The fourth-order valence-electron chi connectivity index (χ4n) is 3.95. The third kappa shape index (κ3) is 7.53. The summed E-state index contributed by atoms with van der Waals surface area (Å²) in [6.45, 7) is 6.72. The average Bonchev–Trinajstić information content (AvgIpc) is 2.91. The van der Waals surface area contributed by atoms with Crippen LogP contribution in [0.3, 0.4) is 0 Å². The summed E-state index contributed by atoms with van der Waals surface area (Å²) in [4.78, 5) is 28.4. The van der Waals surface area contributed by atoms with Crippen molar-refractivity contribution < 1.29 is 18.0 Å². The molecule has 0 radical (unpaired) electrons. The van der Waals surface area contributed by atoms with E-state index in [9.17, 15) is 18.0 Å². The standard InChI is InChI=1S/C29H33Cl2N3O4S/c1-5-21(3)32-29(36)22(4)33(18-23-11-7-8-12-26(23)31)28(35)19-34(27-13-9-6-10-20(27)2)39(37,38)25-16-14-24(30)15-17-25/h6-17,21-22H,5,18-19H2,1-4H3,(H,32,36). The van der Waals surface area contributed by atoms with Gasteiger partial charge in [0.2, 0.25) is 11.8 Å². The number of halogens is 2. The first kappa shape index (κ1) is 30.5. The Balaban J connectivity index is 2.05. The predicted molar refractivity (Wildman–Crippen MR) is 157 cm³/mol. The third-order valence-electron chi connectivity index (χ3n) is 6.53. The van der Waals surface area contributed by atoms with Gasteiger partial charge in [-0.1, -0.05) is 66.5 Å². The van der Waals surface area contributed by atoms with Crippen molar-refractivity contribution in [3.8, 4) is 0 Å². The number of sulfonamides is 1. The van der Waals surface area contributed by atoms with Crippen LogP contribution >= 0.6 is 23.2 Å². The Hall–Kier alpha value is -3.07. The number of aryl methyl sites for hydroxylation is 1. The second kappa shape index (κ2) is 13.3. The summed E-state index contributed by atoms with van der Waals surface area (Å²) in [5.74, 6) is -0.893. The predicted octanol–water partition coefficient (Wildman–Crippen LogP) is 5.83. The quantitative estimate of drug-likeness (QED) is 0.305. The number of anilines is 1. The Labute approximate surface area is 240 Å². The maximum absolute atomic E-state index is 14.0. The van der Waals surface area contributed by atoms with Crippen molar-refractivity contribution in [3.63, 3.8) is 0 Å². The van der Waals surface area contributed by atoms with Crippen LogP contribution in [0, 0.1) is 6.92 Å². The molecule has 39 heavy (non-hydrogen) atoms. The summed E-state index contributed by atoms with van der Waals surface area (Å²) < 4.78 is 28.8. The van der Waals surface area contributed by atoms with Crippen molar-refractivity contribution in [2.45, 2.75) is 57.6 Å². The summed E-state index contributed by atoms with van der Waals surface area (Å²) in [5.41, 5.74) is 1.66. The highest BCUT2D eigenvalue weighted by atomic mass is 35.5. The monoisotopic (exact) mass is 589 g/mol. The molecule has 3 aromatic carbocycles. The summed E-state index contributed by atoms with van der Waals surface area (Å²) in [6, 6.07) is 18.7. The molecule has 2 amide bonds. The van der Waals surface area contributed by atoms with Crippen LogP contribution in [0.5, 0.6) is 0 Å². The Bertz CT molecular complexity index is 1410. The van der Waals surface area contributed by atoms with Crippen LogP contribution in [0.2, 0.25) is 10.0 Å². The van der Waals surface area contributed by atoms with Gasteiger partial charge in [0, 0.05) is 22.6 Å². The minimum absolute atomic E-state index is 0.0110. The molecular weight excluding hydrogens is 557 g/mol. The topological polar surface area (TPSA) is 86.8 Å². The Kier molecular flexibility index (Phi) is 10.4. The molecule has 0 bridgehead atoms. The number of nitrogens with zero attached hydrogens (tertiary/aromatic N) is 2. The van der Waals surface area contributed by atoms with Gasteiger partial charge in [0.1, 0.15) is 12.6 Å². The second-order valence-corrected chi connectivity index (χ2v) is 12.1. The van der Waals surface area contributed by atoms with Crippen LogP contribution < -0.4 is 9.62 Å². The zero-order valence-electron chi connectivity index (χ0n) is 22.4. The van der Waals surface area contributed by atoms with E-state index in [1.54, 1.807) is 62.4 Å². The van der Waals surface area contributed by atoms with E-state index in [2.05, 4.69) is 5.32 Å². The van der Waals surface area contributed by atoms with Gasteiger partial charge in [0.25, 0.3) is 10.0 Å². The summed E-state index contributed by atoms with van der Waals surface area (Å²) >= 11 is 12.4. The minimum Gasteiger partial charge on any atom is -0.352 e. The molecule has 2 unspecified atom stereocenters. The largest absolute Gasteiger partial charge is 0.352 e. The lowest BCUT2D eigenvalue weighted by Gasteiger charge is -2.33. The van der Waals surface area contributed by atoms with Gasteiger partial charge >= 0.3 is 0 Å². The van der Waals surface area contributed by atoms with Crippen molar-refractivity contribution in [1.82, 2.24) is 10.2 Å². The first-order chi connectivity index (χ1) is 18.4. The number of para-hydroxylation sites is 1. The molecule has 2 atom stereocenters. The Morgan fingerprint density at radius 1 is 0.923 bits per heavy atom. The molecule has 0 aliphatic carbocycles. The smallest absolute Gasteiger partial charge is 0.264 e. The van der Waals surface area contributed by atoms with Gasteiger partial charge < -0.3 is 10.2 Å². The van der Waals surface area contributed by atoms with Crippen molar-refractivity contribution in [2.75, 3.05) is 10.8 Å². The summed E-state index contributed by atoms with van der Waals surface area (Å²) in [5, 5.41) is 3.74. The van der Waals surface area contributed by atoms with Crippen molar-refractivity contribution >= 4 is 50.7 Å². The van der Waals surface area contributed by atoms with Crippen LogP contribution in [0.25, 0.3) is 0 Å². The number of benzene rings is 3. The lowest BCUT2D eigenvalue weighted by Crippen LogP contribution is -2.52. The first-order valence-electron chi connectivity index (χ1n) is 12.6. The molecule has 0 aliphatic rings. The lowest BCUT2D eigenvalue weighted by molar-refractivity contribution is -0.139. The maximum atomic E-state index is 14.0. The summed E-state index contributed by atoms with van der Waals surface area (Å²) in [6.07, 6.45) is 0.720. The van der Waals surface area contributed by atoms with Gasteiger partial charge in [0.05, 0.1) is 10.6 Å². The molecule has 0 heterocycles. The first-order valence-corrected chi connectivity index (χ1v) is 14.8. The van der Waals surface area contributed by atoms with Gasteiger partial charge in [-0.25, -0.2) is 8.42 Å². The molecule has 0 fully saturated rings. The number of nitrogens with one attached hydrogen (secondary N) is 1. The summed E-state index contributed by atoms with van der Waals surface area (Å²) in [7, 11) is -4.17. The number of hydrogen-bond donors (Lipinski definition) is 1. The highest BCUT2D eigenvalue weighted by Gasteiger charge is 2.33. The molecule has 0 aromatic heterocycles. The van der Waals surface area contributed by atoms with Gasteiger partial charge in [-0.3, -0.25) is 13.9 Å². The molecule has 208 valence electrons. The molecule has 0 saturated carbocycles. The number of amides is 2. The molecule has 10 heteroatoms. The zero-order valence-corrected chi connectivity index (χ0v) is 24.7. The highest BCUT2D eigenvalue weighted by molar-refractivity contribution is 7.92. The van der Waals surface area contributed by atoms with E-state index in [0.29, 0.717) is 26.9 Å². The SMILES string of the molecule is CCC(C)NC(=O)C(C)N(Cc1ccccc1Cl)C(=O)CN(c1ccccc1C)S(=O)(=O)c1ccc(Cl)cc1. The molecule has 7 nitrogen and oxygen atoms in total. The minimum atomic E-state index is -4.17. The average molecular weight is 591 g/mol. The second-order valence-electron chi connectivity index (χ2n) is 9.36. The fourth-order valence-corrected chi connectivity index (χ4v) is 5.75.